The maximum absolute atomic E-state index is 12.1. The summed E-state index contributed by atoms with van der Waals surface area (Å²) in [4.78, 5) is 35.0. The van der Waals surface area contributed by atoms with Gasteiger partial charge >= 0.3 is 5.97 Å². The summed E-state index contributed by atoms with van der Waals surface area (Å²) in [5.74, 6) is -0.733. The fraction of sp³-hybridized carbons (Fsp3) is 0.400. The van der Waals surface area contributed by atoms with E-state index >= 15 is 0 Å². The van der Waals surface area contributed by atoms with Crippen molar-refractivity contribution in [1.29, 1.82) is 0 Å². The number of hydrogen-bond acceptors (Lipinski definition) is 5. The molecule has 0 aromatic heterocycles. The summed E-state index contributed by atoms with van der Waals surface area (Å²) in [5, 5.41) is 0. The minimum Gasteiger partial charge on any atom is -0.493 e. The van der Waals surface area contributed by atoms with Gasteiger partial charge in [-0.2, -0.15) is 0 Å². The summed E-state index contributed by atoms with van der Waals surface area (Å²) in [7, 11) is 0. The van der Waals surface area contributed by atoms with E-state index in [2.05, 4.69) is 0 Å². The minimum absolute atomic E-state index is 0.252. The highest BCUT2D eigenvalue weighted by Gasteiger charge is 2.41. The van der Waals surface area contributed by atoms with Crippen LogP contribution >= 0.6 is 0 Å². The number of ketones is 2. The third kappa shape index (κ3) is 2.71. The maximum atomic E-state index is 12.1. The van der Waals surface area contributed by atoms with Crippen LogP contribution in [-0.4, -0.2) is 30.2 Å². The van der Waals surface area contributed by atoms with Crippen LogP contribution in [0.5, 0.6) is 5.75 Å². The Labute approximate surface area is 116 Å². The predicted octanol–water partition coefficient (Wildman–Crippen LogP) is 2.03. The second kappa shape index (κ2) is 5.45. The van der Waals surface area contributed by atoms with Crippen LogP contribution in [0, 0.1) is 5.92 Å². The molecule has 0 bridgehead atoms. The SMILES string of the molecule is CC(=O)OC1C(=O)c2ccc(OCC(C)C)cc2C1=O. The third-order valence-electron chi connectivity index (χ3n) is 2.87. The lowest BCUT2D eigenvalue weighted by Gasteiger charge is -2.09. The van der Waals surface area contributed by atoms with Crippen LogP contribution in [0.3, 0.4) is 0 Å². The highest BCUT2D eigenvalue weighted by atomic mass is 16.5. The molecule has 0 heterocycles. The predicted molar refractivity (Wildman–Crippen MR) is 71.0 cm³/mol. The number of fused-ring (bicyclic) bond motifs is 1. The zero-order valence-electron chi connectivity index (χ0n) is 11.6. The summed E-state index contributed by atoms with van der Waals surface area (Å²) in [5.41, 5.74) is 0.528. The molecule has 0 fully saturated rings. The Hall–Kier alpha value is -2.17. The first-order chi connectivity index (χ1) is 9.40. The van der Waals surface area contributed by atoms with Crippen molar-refractivity contribution in [3.05, 3.63) is 29.3 Å². The second-order valence-corrected chi connectivity index (χ2v) is 5.13. The maximum Gasteiger partial charge on any atom is 0.303 e. The first-order valence-corrected chi connectivity index (χ1v) is 6.42. The molecule has 0 aliphatic heterocycles. The van der Waals surface area contributed by atoms with Crippen molar-refractivity contribution in [3.63, 3.8) is 0 Å². The highest BCUT2D eigenvalue weighted by Crippen LogP contribution is 2.28. The molecule has 2 rings (SSSR count). The number of ether oxygens (including phenoxy) is 2. The van der Waals surface area contributed by atoms with Gasteiger partial charge in [-0.15, -0.1) is 0 Å². The van der Waals surface area contributed by atoms with Crippen molar-refractivity contribution in [2.24, 2.45) is 5.92 Å². The van der Waals surface area contributed by atoms with Gasteiger partial charge in [0.25, 0.3) is 0 Å². The Morgan fingerprint density at radius 3 is 2.45 bits per heavy atom. The molecule has 1 aliphatic carbocycles. The summed E-state index contributed by atoms with van der Waals surface area (Å²) < 4.78 is 10.3. The van der Waals surface area contributed by atoms with Gasteiger partial charge in [0.1, 0.15) is 5.75 Å². The number of Topliss-reactive ketones (excluding diaryl/α,β-unsaturated/α-hetero) is 2. The van der Waals surface area contributed by atoms with E-state index in [1.54, 1.807) is 6.07 Å². The molecular formula is C15H16O5. The van der Waals surface area contributed by atoms with Crippen LogP contribution in [0.25, 0.3) is 0 Å². The van der Waals surface area contributed by atoms with Crippen molar-refractivity contribution in [2.45, 2.75) is 26.9 Å². The van der Waals surface area contributed by atoms with E-state index in [0.717, 1.165) is 0 Å². The van der Waals surface area contributed by atoms with E-state index in [9.17, 15) is 14.4 Å². The average molecular weight is 276 g/mol. The van der Waals surface area contributed by atoms with E-state index in [1.807, 2.05) is 13.8 Å². The van der Waals surface area contributed by atoms with E-state index in [1.165, 1.54) is 19.1 Å². The van der Waals surface area contributed by atoms with Gasteiger partial charge in [0, 0.05) is 18.1 Å². The average Bonchev–Trinajstić information content (AvgIpc) is 2.61. The number of benzene rings is 1. The van der Waals surface area contributed by atoms with E-state index in [0.29, 0.717) is 18.3 Å². The van der Waals surface area contributed by atoms with Gasteiger partial charge < -0.3 is 9.47 Å². The monoisotopic (exact) mass is 276 g/mol. The summed E-state index contributed by atoms with van der Waals surface area (Å²) >= 11 is 0. The molecule has 1 unspecified atom stereocenters. The number of rotatable bonds is 4. The molecule has 5 heteroatoms. The third-order valence-corrected chi connectivity index (χ3v) is 2.87. The van der Waals surface area contributed by atoms with Crippen LogP contribution in [0.15, 0.2) is 18.2 Å². The van der Waals surface area contributed by atoms with Gasteiger partial charge in [-0.05, 0) is 24.1 Å². The lowest BCUT2D eigenvalue weighted by molar-refractivity contribution is -0.142. The van der Waals surface area contributed by atoms with Crippen LogP contribution in [-0.2, 0) is 9.53 Å². The molecule has 1 aromatic rings. The fourth-order valence-electron chi connectivity index (χ4n) is 1.97. The summed E-state index contributed by atoms with van der Waals surface area (Å²) in [6, 6.07) is 4.71. The van der Waals surface area contributed by atoms with Gasteiger partial charge in [-0.25, -0.2) is 0 Å². The normalized spacial score (nSPS) is 17.3. The number of esters is 1. The van der Waals surface area contributed by atoms with Crippen molar-refractivity contribution in [2.75, 3.05) is 6.61 Å². The lowest BCUT2D eigenvalue weighted by Crippen LogP contribution is -2.27. The van der Waals surface area contributed by atoms with Crippen LogP contribution < -0.4 is 4.74 Å². The Bertz CT molecular complexity index is 574. The largest absolute Gasteiger partial charge is 0.493 e. The van der Waals surface area contributed by atoms with E-state index in [4.69, 9.17) is 9.47 Å². The molecule has 0 N–H and O–H groups in total. The molecule has 0 amide bonds. The van der Waals surface area contributed by atoms with Crippen molar-refractivity contribution in [1.82, 2.24) is 0 Å². The van der Waals surface area contributed by atoms with Crippen molar-refractivity contribution in [3.8, 4) is 5.75 Å². The van der Waals surface area contributed by atoms with Gasteiger partial charge in [-0.3, -0.25) is 14.4 Å². The first kappa shape index (κ1) is 14.2. The molecule has 1 atom stereocenters. The van der Waals surface area contributed by atoms with Gasteiger partial charge in [0.2, 0.25) is 17.7 Å². The zero-order chi connectivity index (χ0) is 14.9. The van der Waals surface area contributed by atoms with Crippen LogP contribution in [0.1, 0.15) is 41.5 Å². The standard InChI is InChI=1S/C15H16O5/c1-8(2)7-19-10-4-5-11-12(6-10)14(18)15(13(11)17)20-9(3)16/h4-6,8,15H,7H2,1-3H3. The van der Waals surface area contributed by atoms with E-state index in [-0.39, 0.29) is 11.1 Å². The molecule has 5 nitrogen and oxygen atoms in total. The fourth-order valence-corrected chi connectivity index (χ4v) is 1.97. The molecule has 0 saturated carbocycles. The Balaban J connectivity index is 2.25. The molecule has 106 valence electrons. The molecular weight excluding hydrogens is 260 g/mol. The Kier molecular flexibility index (Phi) is 3.88. The smallest absolute Gasteiger partial charge is 0.303 e. The van der Waals surface area contributed by atoms with E-state index < -0.39 is 23.6 Å². The summed E-state index contributed by atoms with van der Waals surface area (Å²) in [6.45, 7) is 5.71. The molecule has 1 aliphatic rings. The number of hydrogen-bond donors (Lipinski definition) is 0. The topological polar surface area (TPSA) is 69.7 Å². The van der Waals surface area contributed by atoms with Crippen LogP contribution in [0.4, 0.5) is 0 Å². The number of carbonyl (C=O) groups is 3. The molecule has 0 radical (unpaired) electrons. The second-order valence-electron chi connectivity index (χ2n) is 5.13. The first-order valence-electron chi connectivity index (χ1n) is 6.42. The zero-order valence-corrected chi connectivity index (χ0v) is 11.6. The van der Waals surface area contributed by atoms with Crippen LogP contribution in [0.2, 0.25) is 0 Å². The molecule has 1 aromatic carbocycles. The number of carbonyl (C=O) groups excluding carboxylic acids is 3. The van der Waals surface area contributed by atoms with Crippen molar-refractivity contribution >= 4 is 17.5 Å². The Morgan fingerprint density at radius 1 is 1.20 bits per heavy atom. The molecule has 0 spiro atoms. The highest BCUT2D eigenvalue weighted by molar-refractivity contribution is 6.29. The van der Waals surface area contributed by atoms with Crippen molar-refractivity contribution < 1.29 is 23.9 Å². The van der Waals surface area contributed by atoms with Gasteiger partial charge in [0.05, 0.1) is 6.61 Å². The van der Waals surface area contributed by atoms with Gasteiger partial charge in [0.15, 0.2) is 0 Å². The van der Waals surface area contributed by atoms with Gasteiger partial charge in [-0.1, -0.05) is 13.8 Å². The Morgan fingerprint density at radius 2 is 1.85 bits per heavy atom. The lowest BCUT2D eigenvalue weighted by atomic mass is 10.1. The quantitative estimate of drug-likeness (QED) is 0.621. The summed E-state index contributed by atoms with van der Waals surface area (Å²) in [6.07, 6.45) is -1.34. The molecule has 20 heavy (non-hydrogen) atoms. The molecule has 0 saturated heterocycles. The minimum atomic E-state index is -1.34.